The maximum Gasteiger partial charge on any atom is 0.192 e. The largest absolute Gasteiger partial charge is 0.362 e. The van der Waals surface area contributed by atoms with E-state index in [0.717, 1.165) is 0 Å². The minimum atomic E-state index is -2.05. The highest BCUT2D eigenvalue weighted by molar-refractivity contribution is 7.44. The zero-order chi connectivity index (χ0) is 8.27. The Labute approximate surface area is 65.4 Å². The van der Waals surface area contributed by atoms with Crippen LogP contribution < -0.4 is 0 Å². The quantitative estimate of drug-likeness (QED) is 0.643. The Morgan fingerprint density at radius 2 is 2.45 bits per heavy atom. The average Bonchev–Trinajstić information content (AvgIpc) is 2.31. The first-order valence-electron chi connectivity index (χ1n) is 3.32. The summed E-state index contributed by atoms with van der Waals surface area (Å²) in [5.74, 6) is -0.290. The van der Waals surface area contributed by atoms with Crippen LogP contribution in [0.4, 0.5) is 4.39 Å². The molecule has 0 aromatic rings. The molecule has 0 bridgehead atoms. The molecule has 0 saturated carbocycles. The summed E-state index contributed by atoms with van der Waals surface area (Å²) in [5, 5.41) is 0. The van der Waals surface area contributed by atoms with Crippen LogP contribution in [0.1, 0.15) is 12.8 Å². The smallest absolute Gasteiger partial charge is 0.192 e. The van der Waals surface area contributed by atoms with Gasteiger partial charge in [-0.3, -0.25) is 0 Å². The van der Waals surface area contributed by atoms with Crippen LogP contribution in [-0.4, -0.2) is 22.2 Å². The fourth-order valence-electron chi connectivity index (χ4n) is 0.962. The topological polar surface area (TPSA) is 49.7 Å². The Morgan fingerprint density at radius 1 is 1.73 bits per heavy atom. The average molecular weight is 180 g/mol. The molecular formula is C6H10FO3P. The summed E-state index contributed by atoms with van der Waals surface area (Å²) < 4.78 is 17.5. The maximum absolute atomic E-state index is 12.6. The summed E-state index contributed by atoms with van der Waals surface area (Å²) in [4.78, 5) is 16.9. The second kappa shape index (κ2) is 4.12. The standard InChI is InChI=1S/C6H10FO3P/c7-5-2-1-3-6(5)10-4-11(8)9/h2,6,8-9H,1,3-4H2/t6-/m1/s1. The Hall–Kier alpha value is -0.0200. The third-order valence-corrected chi connectivity index (χ3v) is 1.85. The maximum atomic E-state index is 12.6. The summed E-state index contributed by atoms with van der Waals surface area (Å²) in [5.41, 5.74) is 0. The van der Waals surface area contributed by atoms with Gasteiger partial charge in [-0.15, -0.1) is 0 Å². The highest BCUT2D eigenvalue weighted by atomic mass is 31.2. The Bertz CT molecular complexity index is 160. The molecule has 0 radical (unpaired) electrons. The second-order valence-electron chi connectivity index (χ2n) is 2.32. The van der Waals surface area contributed by atoms with Crippen molar-refractivity contribution in [3.05, 3.63) is 11.9 Å². The first kappa shape index (κ1) is 9.07. The molecule has 11 heavy (non-hydrogen) atoms. The van der Waals surface area contributed by atoms with Crippen molar-refractivity contribution in [1.82, 2.24) is 0 Å². The molecule has 0 heterocycles. The van der Waals surface area contributed by atoms with E-state index in [-0.39, 0.29) is 12.2 Å². The normalized spacial score (nSPS) is 24.4. The highest BCUT2D eigenvalue weighted by Gasteiger charge is 2.20. The lowest BCUT2D eigenvalue weighted by Gasteiger charge is -2.10. The van der Waals surface area contributed by atoms with Gasteiger partial charge in [0.1, 0.15) is 18.3 Å². The van der Waals surface area contributed by atoms with Crippen LogP contribution in [0.2, 0.25) is 0 Å². The van der Waals surface area contributed by atoms with E-state index in [1.165, 1.54) is 6.08 Å². The van der Waals surface area contributed by atoms with Gasteiger partial charge >= 0.3 is 0 Å². The first-order chi connectivity index (χ1) is 5.20. The van der Waals surface area contributed by atoms with E-state index < -0.39 is 14.5 Å². The molecule has 1 atom stereocenters. The lowest BCUT2D eigenvalue weighted by Crippen LogP contribution is -2.09. The number of ether oxygens (including phenoxy) is 1. The van der Waals surface area contributed by atoms with Crippen LogP contribution >= 0.6 is 8.38 Å². The van der Waals surface area contributed by atoms with Crippen molar-refractivity contribution in [2.24, 2.45) is 0 Å². The number of halogens is 1. The molecule has 0 spiro atoms. The monoisotopic (exact) mass is 180 g/mol. The third kappa shape index (κ3) is 2.83. The lowest BCUT2D eigenvalue weighted by atomic mass is 10.3. The van der Waals surface area contributed by atoms with Crippen LogP contribution in [-0.2, 0) is 4.74 Å². The highest BCUT2D eigenvalue weighted by Crippen LogP contribution is 2.28. The molecule has 0 unspecified atom stereocenters. The minimum absolute atomic E-state index is 0.165. The number of hydrogen-bond acceptors (Lipinski definition) is 3. The van der Waals surface area contributed by atoms with E-state index in [1.54, 1.807) is 0 Å². The number of allylic oxidation sites excluding steroid dienone is 1. The predicted molar refractivity (Wildman–Crippen MR) is 39.5 cm³/mol. The van der Waals surface area contributed by atoms with Gasteiger partial charge in [0, 0.05) is 0 Å². The molecule has 0 aromatic carbocycles. The SMILES string of the molecule is OP(O)CO[C@@H]1CCC=C1F. The molecule has 2 N–H and O–H groups in total. The molecule has 0 saturated heterocycles. The summed E-state index contributed by atoms with van der Waals surface area (Å²) in [6.45, 7) is 0. The molecule has 1 aliphatic rings. The van der Waals surface area contributed by atoms with E-state index in [9.17, 15) is 4.39 Å². The molecule has 64 valence electrons. The van der Waals surface area contributed by atoms with Gasteiger partial charge in [0.05, 0.1) is 0 Å². The first-order valence-corrected chi connectivity index (χ1v) is 4.76. The molecular weight excluding hydrogens is 170 g/mol. The number of hydrogen-bond donors (Lipinski definition) is 2. The van der Waals surface area contributed by atoms with Crippen molar-refractivity contribution in [3.8, 4) is 0 Å². The van der Waals surface area contributed by atoms with Crippen LogP contribution in [0.25, 0.3) is 0 Å². The van der Waals surface area contributed by atoms with Crippen molar-refractivity contribution in [2.45, 2.75) is 18.9 Å². The third-order valence-electron chi connectivity index (χ3n) is 1.47. The van der Waals surface area contributed by atoms with Gasteiger partial charge in [0.15, 0.2) is 8.38 Å². The predicted octanol–water partition coefficient (Wildman–Crippen LogP) is 1.27. The summed E-state index contributed by atoms with van der Waals surface area (Å²) >= 11 is 0. The van der Waals surface area contributed by atoms with Gasteiger partial charge in [-0.2, -0.15) is 0 Å². The van der Waals surface area contributed by atoms with Gasteiger partial charge in [-0.25, -0.2) is 4.39 Å². The fraction of sp³-hybridized carbons (Fsp3) is 0.667. The summed E-state index contributed by atoms with van der Waals surface area (Å²) in [6.07, 6.45) is 2.03. The van der Waals surface area contributed by atoms with E-state index in [0.29, 0.717) is 12.8 Å². The second-order valence-corrected chi connectivity index (χ2v) is 3.33. The van der Waals surface area contributed by atoms with Gasteiger partial charge < -0.3 is 14.5 Å². The van der Waals surface area contributed by atoms with E-state index in [4.69, 9.17) is 14.5 Å². The van der Waals surface area contributed by atoms with Gasteiger partial charge in [0.2, 0.25) is 0 Å². The van der Waals surface area contributed by atoms with E-state index in [2.05, 4.69) is 0 Å². The molecule has 0 fully saturated rings. The zero-order valence-corrected chi connectivity index (χ0v) is 6.80. The van der Waals surface area contributed by atoms with Crippen LogP contribution in [0.3, 0.4) is 0 Å². The Morgan fingerprint density at radius 3 is 2.91 bits per heavy atom. The molecule has 3 nitrogen and oxygen atoms in total. The van der Waals surface area contributed by atoms with Crippen molar-refractivity contribution >= 4 is 8.38 Å². The molecule has 0 aromatic heterocycles. The number of rotatable bonds is 3. The lowest BCUT2D eigenvalue weighted by molar-refractivity contribution is 0.0924. The fourth-order valence-corrected chi connectivity index (χ4v) is 1.27. The van der Waals surface area contributed by atoms with Crippen molar-refractivity contribution in [3.63, 3.8) is 0 Å². The summed E-state index contributed by atoms with van der Waals surface area (Å²) in [7, 11) is -2.05. The molecule has 0 aliphatic heterocycles. The van der Waals surface area contributed by atoms with E-state index in [1.807, 2.05) is 0 Å². The van der Waals surface area contributed by atoms with Crippen LogP contribution in [0, 0.1) is 0 Å². The van der Waals surface area contributed by atoms with Crippen molar-refractivity contribution < 1.29 is 18.9 Å². The van der Waals surface area contributed by atoms with Crippen LogP contribution in [0.5, 0.6) is 0 Å². The van der Waals surface area contributed by atoms with Crippen molar-refractivity contribution in [1.29, 1.82) is 0 Å². The van der Waals surface area contributed by atoms with Gasteiger partial charge in [-0.1, -0.05) is 6.08 Å². The van der Waals surface area contributed by atoms with Crippen molar-refractivity contribution in [2.75, 3.05) is 6.35 Å². The molecule has 1 rings (SSSR count). The Kier molecular flexibility index (Phi) is 3.40. The molecule has 0 amide bonds. The minimum Gasteiger partial charge on any atom is -0.362 e. The Balaban J connectivity index is 2.22. The summed E-state index contributed by atoms with van der Waals surface area (Å²) in [6, 6.07) is 0. The van der Waals surface area contributed by atoms with E-state index >= 15 is 0 Å². The zero-order valence-electron chi connectivity index (χ0n) is 5.90. The van der Waals surface area contributed by atoms with Gasteiger partial charge in [0.25, 0.3) is 0 Å². The molecule has 1 aliphatic carbocycles. The van der Waals surface area contributed by atoms with Crippen LogP contribution in [0.15, 0.2) is 11.9 Å². The van der Waals surface area contributed by atoms with Gasteiger partial charge in [-0.05, 0) is 12.8 Å². The molecule has 5 heteroatoms.